The Morgan fingerprint density at radius 2 is 2.03 bits per heavy atom. The summed E-state index contributed by atoms with van der Waals surface area (Å²) >= 11 is 0. The first-order valence-corrected chi connectivity index (χ1v) is 13.1. The molecule has 0 saturated carbocycles. The number of piperidine rings is 1. The second-order valence-corrected chi connectivity index (χ2v) is 10.4. The van der Waals surface area contributed by atoms with Gasteiger partial charge in [0.1, 0.15) is 28.9 Å². The van der Waals surface area contributed by atoms with Crippen LogP contribution in [0.25, 0.3) is 11.0 Å². The Hall–Kier alpha value is -2.89. The number of fused-ring (bicyclic) bond motifs is 1. The van der Waals surface area contributed by atoms with Crippen molar-refractivity contribution in [2.24, 2.45) is 5.41 Å². The van der Waals surface area contributed by atoms with Gasteiger partial charge in [0.05, 0.1) is 13.2 Å². The summed E-state index contributed by atoms with van der Waals surface area (Å²) in [4.78, 5) is 23.3. The Bertz CT molecular complexity index is 1140. The SMILES string of the molecule is CCOCCn1nc(CN2CCCC(C)(C)C2)c2nc(N3CCNCC3)nc(Nc3ccncn3)c21. The van der Waals surface area contributed by atoms with Crippen LogP contribution >= 0.6 is 0 Å². The van der Waals surface area contributed by atoms with Crippen LogP contribution in [-0.4, -0.2) is 87.1 Å². The van der Waals surface area contributed by atoms with Crippen LogP contribution in [0, 0.1) is 5.41 Å². The minimum absolute atomic E-state index is 0.312. The molecule has 0 bridgehead atoms. The first-order chi connectivity index (χ1) is 17.5. The van der Waals surface area contributed by atoms with Gasteiger partial charge >= 0.3 is 0 Å². The van der Waals surface area contributed by atoms with Crippen molar-refractivity contribution in [3.05, 3.63) is 24.3 Å². The van der Waals surface area contributed by atoms with Gasteiger partial charge in [0.15, 0.2) is 5.82 Å². The molecule has 0 aliphatic carbocycles. The number of anilines is 3. The maximum atomic E-state index is 5.68. The van der Waals surface area contributed by atoms with Crippen LogP contribution in [0.15, 0.2) is 18.6 Å². The quantitative estimate of drug-likeness (QED) is 0.431. The molecule has 3 aromatic rings. The summed E-state index contributed by atoms with van der Waals surface area (Å²) in [5.41, 5.74) is 3.09. The largest absolute Gasteiger partial charge is 0.380 e. The van der Waals surface area contributed by atoms with Crippen LogP contribution in [0.5, 0.6) is 0 Å². The van der Waals surface area contributed by atoms with Gasteiger partial charge in [-0.25, -0.2) is 15.0 Å². The first-order valence-electron chi connectivity index (χ1n) is 13.1. The first kappa shape index (κ1) is 24.8. The van der Waals surface area contributed by atoms with E-state index in [1.165, 1.54) is 19.2 Å². The number of hydrogen-bond donors (Lipinski definition) is 2. The van der Waals surface area contributed by atoms with Crippen LogP contribution in [0.4, 0.5) is 17.6 Å². The molecule has 2 fully saturated rings. The van der Waals surface area contributed by atoms with Gasteiger partial charge in [0.2, 0.25) is 5.95 Å². The van der Waals surface area contributed by atoms with Gasteiger partial charge in [0, 0.05) is 52.1 Å². The molecule has 36 heavy (non-hydrogen) atoms. The lowest BCUT2D eigenvalue weighted by Crippen LogP contribution is -2.44. The number of rotatable bonds is 9. The third kappa shape index (κ3) is 5.74. The zero-order chi connectivity index (χ0) is 25.0. The van der Waals surface area contributed by atoms with E-state index in [2.05, 4.69) is 44.2 Å². The Kier molecular flexibility index (Phi) is 7.59. The maximum absolute atomic E-state index is 5.68. The number of nitrogens with zero attached hydrogens (tertiary/aromatic N) is 8. The summed E-state index contributed by atoms with van der Waals surface area (Å²) in [6.45, 7) is 15.1. The molecule has 0 radical (unpaired) electrons. The zero-order valence-electron chi connectivity index (χ0n) is 21.7. The average molecular weight is 495 g/mol. The van der Waals surface area contributed by atoms with E-state index in [-0.39, 0.29) is 0 Å². The monoisotopic (exact) mass is 494 g/mol. The lowest BCUT2D eigenvalue weighted by molar-refractivity contribution is 0.110. The highest BCUT2D eigenvalue weighted by Gasteiger charge is 2.29. The average Bonchev–Trinajstić information content (AvgIpc) is 3.22. The summed E-state index contributed by atoms with van der Waals surface area (Å²) < 4.78 is 7.68. The lowest BCUT2D eigenvalue weighted by Gasteiger charge is -2.37. The number of nitrogens with one attached hydrogen (secondary N) is 2. The van der Waals surface area contributed by atoms with Crippen molar-refractivity contribution < 1.29 is 4.74 Å². The summed E-state index contributed by atoms with van der Waals surface area (Å²) in [7, 11) is 0. The smallest absolute Gasteiger partial charge is 0.228 e. The molecule has 2 N–H and O–H groups in total. The lowest BCUT2D eigenvalue weighted by atomic mass is 9.84. The van der Waals surface area contributed by atoms with Crippen molar-refractivity contribution in [2.75, 3.05) is 62.7 Å². The van der Waals surface area contributed by atoms with Crippen LogP contribution in [0.3, 0.4) is 0 Å². The van der Waals surface area contributed by atoms with Crippen molar-refractivity contribution >= 4 is 28.6 Å². The highest BCUT2D eigenvalue weighted by Crippen LogP contribution is 2.32. The molecule has 11 heteroatoms. The van der Waals surface area contributed by atoms with E-state index in [1.807, 2.05) is 17.7 Å². The van der Waals surface area contributed by atoms with E-state index in [0.717, 1.165) is 68.5 Å². The third-order valence-electron chi connectivity index (χ3n) is 6.88. The molecule has 2 aliphatic heterocycles. The molecule has 3 aromatic heterocycles. The summed E-state index contributed by atoms with van der Waals surface area (Å²) in [5, 5.41) is 11.9. The minimum atomic E-state index is 0.312. The van der Waals surface area contributed by atoms with Gasteiger partial charge in [-0.15, -0.1) is 0 Å². The van der Waals surface area contributed by atoms with E-state index < -0.39 is 0 Å². The molecule has 0 unspecified atom stereocenters. The van der Waals surface area contributed by atoms with Gasteiger partial charge in [-0.2, -0.15) is 10.1 Å². The number of likely N-dealkylation sites (tertiary alicyclic amines) is 1. The zero-order valence-corrected chi connectivity index (χ0v) is 21.7. The molecule has 0 spiro atoms. The van der Waals surface area contributed by atoms with Gasteiger partial charge < -0.3 is 20.3 Å². The molecule has 5 heterocycles. The second kappa shape index (κ2) is 11.0. The van der Waals surface area contributed by atoms with Gasteiger partial charge in [-0.1, -0.05) is 13.8 Å². The number of piperazine rings is 1. The van der Waals surface area contributed by atoms with Crippen LogP contribution in [0.1, 0.15) is 39.3 Å². The molecular formula is C25H38N10O. The molecule has 2 aliphatic rings. The fourth-order valence-electron chi connectivity index (χ4n) is 5.17. The fraction of sp³-hybridized carbons (Fsp3) is 0.640. The third-order valence-corrected chi connectivity index (χ3v) is 6.88. The highest BCUT2D eigenvalue weighted by molar-refractivity contribution is 5.90. The number of ether oxygens (including phenoxy) is 1. The molecule has 0 aromatic carbocycles. The summed E-state index contributed by atoms with van der Waals surface area (Å²) in [6.07, 6.45) is 5.72. The van der Waals surface area contributed by atoms with E-state index in [1.54, 1.807) is 6.20 Å². The maximum Gasteiger partial charge on any atom is 0.228 e. The molecule has 11 nitrogen and oxygen atoms in total. The minimum Gasteiger partial charge on any atom is -0.380 e. The fourth-order valence-corrected chi connectivity index (χ4v) is 5.17. The van der Waals surface area contributed by atoms with Crippen molar-refractivity contribution in [1.82, 2.24) is 39.9 Å². The van der Waals surface area contributed by atoms with Gasteiger partial charge in [-0.3, -0.25) is 9.58 Å². The van der Waals surface area contributed by atoms with Crippen molar-refractivity contribution in [2.45, 2.75) is 46.7 Å². The van der Waals surface area contributed by atoms with Crippen molar-refractivity contribution in [3.8, 4) is 0 Å². The number of aromatic nitrogens is 6. The molecule has 0 atom stereocenters. The van der Waals surface area contributed by atoms with Crippen molar-refractivity contribution in [3.63, 3.8) is 0 Å². The highest BCUT2D eigenvalue weighted by atomic mass is 16.5. The van der Waals surface area contributed by atoms with E-state index in [0.29, 0.717) is 36.8 Å². The topological polar surface area (TPSA) is 109 Å². The second-order valence-electron chi connectivity index (χ2n) is 10.4. The summed E-state index contributed by atoms with van der Waals surface area (Å²) in [6, 6.07) is 1.84. The standard InChI is InChI=1S/C25H38N10O/c1-4-36-15-14-35-22-21(19(32-35)16-33-11-5-7-25(2,3)17-33)30-24(34-12-9-26-10-13-34)31-23(22)29-20-6-8-27-18-28-20/h6,8,18,26H,4-5,7,9-17H2,1-3H3,(H,27,28,29,30,31). The van der Waals surface area contributed by atoms with Gasteiger partial charge in [-0.05, 0) is 37.8 Å². The molecular weight excluding hydrogens is 456 g/mol. The van der Waals surface area contributed by atoms with Crippen molar-refractivity contribution in [1.29, 1.82) is 0 Å². The Labute approximate surface area is 212 Å². The molecule has 0 amide bonds. The van der Waals surface area contributed by atoms with E-state index >= 15 is 0 Å². The number of hydrogen-bond acceptors (Lipinski definition) is 10. The molecule has 2 saturated heterocycles. The normalized spacial score (nSPS) is 18.6. The predicted octanol–water partition coefficient (Wildman–Crippen LogP) is 2.43. The molecule has 5 rings (SSSR count). The van der Waals surface area contributed by atoms with E-state index in [9.17, 15) is 0 Å². The Morgan fingerprint density at radius 1 is 1.17 bits per heavy atom. The predicted molar refractivity (Wildman–Crippen MR) is 141 cm³/mol. The Morgan fingerprint density at radius 3 is 2.78 bits per heavy atom. The van der Waals surface area contributed by atoms with Crippen LogP contribution in [-0.2, 0) is 17.8 Å². The van der Waals surface area contributed by atoms with Crippen LogP contribution in [0.2, 0.25) is 0 Å². The van der Waals surface area contributed by atoms with E-state index in [4.69, 9.17) is 19.8 Å². The summed E-state index contributed by atoms with van der Waals surface area (Å²) in [5.74, 6) is 2.12. The Balaban J connectivity index is 1.58. The molecule has 194 valence electrons. The van der Waals surface area contributed by atoms with Crippen LogP contribution < -0.4 is 15.5 Å². The van der Waals surface area contributed by atoms with Gasteiger partial charge in [0.25, 0.3) is 0 Å².